The Balaban J connectivity index is 1.98. The van der Waals surface area contributed by atoms with Crippen LogP contribution >= 0.6 is 0 Å². The lowest BCUT2D eigenvalue weighted by atomic mass is 10.0. The third-order valence-corrected chi connectivity index (χ3v) is 3.51. The van der Waals surface area contributed by atoms with E-state index < -0.39 is 13.0 Å². The van der Waals surface area contributed by atoms with E-state index in [9.17, 15) is 13.6 Å². The van der Waals surface area contributed by atoms with Gasteiger partial charge >= 0.3 is 0 Å². The van der Waals surface area contributed by atoms with Crippen LogP contribution in [0.5, 0.6) is 5.75 Å². The first kappa shape index (κ1) is 17.9. The number of carbonyl (C=O) groups excluding carboxylic acids is 1. The van der Waals surface area contributed by atoms with Crippen LogP contribution in [0.25, 0.3) is 11.1 Å². The Labute approximate surface area is 140 Å². The molecule has 0 radical (unpaired) electrons. The molecule has 0 aliphatic rings. The minimum absolute atomic E-state index is 0.0340. The molecule has 0 aliphatic heterocycles. The van der Waals surface area contributed by atoms with Crippen molar-refractivity contribution in [3.8, 4) is 16.9 Å². The maximum atomic E-state index is 12.1. The van der Waals surface area contributed by atoms with Gasteiger partial charge in [0.15, 0.2) is 0 Å². The Morgan fingerprint density at radius 1 is 1.04 bits per heavy atom. The van der Waals surface area contributed by atoms with E-state index in [-0.39, 0.29) is 11.9 Å². The van der Waals surface area contributed by atoms with E-state index in [0.717, 1.165) is 23.1 Å². The van der Waals surface area contributed by atoms with Gasteiger partial charge in [0.05, 0.1) is 0 Å². The van der Waals surface area contributed by atoms with Crippen LogP contribution in [0.4, 0.5) is 8.78 Å². The molecule has 0 saturated carbocycles. The highest BCUT2D eigenvalue weighted by molar-refractivity contribution is 5.73. The molecule has 1 N–H and O–H groups in total. The van der Waals surface area contributed by atoms with Crippen molar-refractivity contribution in [3.05, 3.63) is 54.1 Å². The summed E-state index contributed by atoms with van der Waals surface area (Å²) in [5.41, 5.74) is 3.16. The summed E-state index contributed by atoms with van der Waals surface area (Å²) in [5, 5.41) is 2.86. The Hall–Kier alpha value is -2.43. The molecule has 0 fully saturated rings. The molecule has 1 unspecified atom stereocenters. The summed E-state index contributed by atoms with van der Waals surface area (Å²) in [7, 11) is 0. The summed E-state index contributed by atoms with van der Waals surface area (Å²) >= 11 is 0. The molecule has 128 valence electrons. The smallest absolute Gasteiger partial charge is 0.272 e. The first-order valence-electron chi connectivity index (χ1n) is 7.81. The van der Waals surface area contributed by atoms with E-state index >= 15 is 0 Å². The number of ether oxygens (including phenoxy) is 1. The van der Waals surface area contributed by atoms with Gasteiger partial charge in [0.1, 0.15) is 12.4 Å². The molecule has 1 amide bonds. The molecule has 24 heavy (non-hydrogen) atoms. The number of hydrogen-bond acceptors (Lipinski definition) is 2. The number of hydrogen-bond donors (Lipinski definition) is 1. The fourth-order valence-corrected chi connectivity index (χ4v) is 2.49. The molecular weight excluding hydrogens is 312 g/mol. The summed E-state index contributed by atoms with van der Waals surface area (Å²) in [6.45, 7) is 2.88. The van der Waals surface area contributed by atoms with Gasteiger partial charge in [0, 0.05) is 13.0 Å². The van der Waals surface area contributed by atoms with Crippen LogP contribution in [0.1, 0.15) is 19.4 Å². The predicted octanol–water partition coefficient (Wildman–Crippen LogP) is 4.06. The van der Waals surface area contributed by atoms with E-state index in [1.54, 1.807) is 12.1 Å². The lowest BCUT2D eigenvalue weighted by Gasteiger charge is -2.13. The average Bonchev–Trinajstić information content (AvgIpc) is 2.53. The van der Waals surface area contributed by atoms with Crippen LogP contribution < -0.4 is 10.1 Å². The Morgan fingerprint density at radius 3 is 2.08 bits per heavy atom. The molecule has 1 atom stereocenters. The van der Waals surface area contributed by atoms with Crippen molar-refractivity contribution in [2.75, 3.05) is 6.61 Å². The lowest BCUT2D eigenvalue weighted by molar-refractivity contribution is -0.119. The second kappa shape index (κ2) is 8.43. The summed E-state index contributed by atoms with van der Waals surface area (Å²) in [6.07, 6.45) is -1.71. The molecule has 2 aromatic rings. The fraction of sp³-hybridized carbons (Fsp3) is 0.316. The summed E-state index contributed by atoms with van der Waals surface area (Å²) < 4.78 is 29.2. The van der Waals surface area contributed by atoms with Crippen molar-refractivity contribution >= 4 is 5.91 Å². The number of benzene rings is 2. The lowest BCUT2D eigenvalue weighted by Crippen LogP contribution is -2.31. The first-order chi connectivity index (χ1) is 11.4. The van der Waals surface area contributed by atoms with Gasteiger partial charge in [-0.15, -0.1) is 0 Å². The molecule has 0 aliphatic carbocycles. The van der Waals surface area contributed by atoms with E-state index in [4.69, 9.17) is 4.74 Å². The number of rotatable bonds is 7. The Kier molecular flexibility index (Phi) is 6.29. The minimum atomic E-state index is -2.47. The van der Waals surface area contributed by atoms with Crippen LogP contribution in [0.3, 0.4) is 0 Å². The van der Waals surface area contributed by atoms with Crippen LogP contribution in [-0.4, -0.2) is 25.0 Å². The number of alkyl halides is 2. The second-order valence-electron chi connectivity index (χ2n) is 5.73. The van der Waals surface area contributed by atoms with Gasteiger partial charge < -0.3 is 10.1 Å². The van der Waals surface area contributed by atoms with Crippen molar-refractivity contribution in [2.45, 2.75) is 32.7 Å². The SMILES string of the molecule is CC(=O)NC(C)Cc1ccc(-c2ccc(OCC(F)F)cc2)cc1. The third-order valence-electron chi connectivity index (χ3n) is 3.51. The zero-order valence-electron chi connectivity index (χ0n) is 13.8. The number of halogens is 2. The topological polar surface area (TPSA) is 38.3 Å². The maximum absolute atomic E-state index is 12.1. The molecule has 0 bridgehead atoms. The number of amides is 1. The van der Waals surface area contributed by atoms with Gasteiger partial charge in [-0.1, -0.05) is 36.4 Å². The molecule has 0 aromatic heterocycles. The molecule has 0 spiro atoms. The van der Waals surface area contributed by atoms with Crippen LogP contribution in [0, 0.1) is 0 Å². The highest BCUT2D eigenvalue weighted by atomic mass is 19.3. The third kappa shape index (κ3) is 5.65. The normalized spacial score (nSPS) is 12.0. The predicted molar refractivity (Wildman–Crippen MR) is 90.4 cm³/mol. The summed E-state index contributed by atoms with van der Waals surface area (Å²) in [5.74, 6) is 0.396. The van der Waals surface area contributed by atoms with E-state index in [2.05, 4.69) is 5.32 Å². The zero-order valence-corrected chi connectivity index (χ0v) is 13.8. The van der Waals surface area contributed by atoms with Crippen LogP contribution in [-0.2, 0) is 11.2 Å². The molecule has 0 heterocycles. The molecule has 5 heteroatoms. The summed E-state index contributed by atoms with van der Waals surface area (Å²) in [4.78, 5) is 11.0. The standard InChI is InChI=1S/C19H21F2NO2/c1-13(22-14(2)23)11-15-3-5-16(6-4-15)17-7-9-18(10-8-17)24-12-19(20)21/h3-10,13,19H,11-12H2,1-2H3,(H,22,23). The van der Waals surface area contributed by atoms with Crippen molar-refractivity contribution < 1.29 is 18.3 Å². The Bertz CT molecular complexity index is 654. The van der Waals surface area contributed by atoms with Gasteiger partial charge in [-0.25, -0.2) is 8.78 Å². The minimum Gasteiger partial charge on any atom is -0.488 e. The van der Waals surface area contributed by atoms with Gasteiger partial charge in [-0.2, -0.15) is 0 Å². The van der Waals surface area contributed by atoms with Crippen molar-refractivity contribution in [2.24, 2.45) is 0 Å². The molecule has 0 saturated heterocycles. The van der Waals surface area contributed by atoms with Crippen molar-refractivity contribution in [1.82, 2.24) is 5.32 Å². The number of nitrogens with one attached hydrogen (secondary N) is 1. The maximum Gasteiger partial charge on any atom is 0.272 e. The monoisotopic (exact) mass is 333 g/mol. The second-order valence-corrected chi connectivity index (χ2v) is 5.73. The average molecular weight is 333 g/mol. The van der Waals surface area contributed by atoms with E-state index in [1.165, 1.54) is 6.92 Å². The quantitative estimate of drug-likeness (QED) is 0.830. The Morgan fingerprint density at radius 2 is 1.58 bits per heavy atom. The molecule has 3 nitrogen and oxygen atoms in total. The van der Waals surface area contributed by atoms with Gasteiger partial charge in [-0.05, 0) is 42.2 Å². The summed E-state index contributed by atoms with van der Waals surface area (Å²) in [6, 6.07) is 15.2. The van der Waals surface area contributed by atoms with E-state index in [0.29, 0.717) is 5.75 Å². The zero-order chi connectivity index (χ0) is 17.5. The van der Waals surface area contributed by atoms with Gasteiger partial charge in [0.2, 0.25) is 5.91 Å². The van der Waals surface area contributed by atoms with Crippen molar-refractivity contribution in [1.29, 1.82) is 0 Å². The van der Waals surface area contributed by atoms with Crippen molar-refractivity contribution in [3.63, 3.8) is 0 Å². The fourth-order valence-electron chi connectivity index (χ4n) is 2.49. The molecular formula is C19H21F2NO2. The largest absolute Gasteiger partial charge is 0.488 e. The van der Waals surface area contributed by atoms with Crippen LogP contribution in [0.15, 0.2) is 48.5 Å². The highest BCUT2D eigenvalue weighted by Crippen LogP contribution is 2.23. The van der Waals surface area contributed by atoms with Crippen LogP contribution in [0.2, 0.25) is 0 Å². The molecule has 2 rings (SSSR count). The van der Waals surface area contributed by atoms with Gasteiger partial charge in [-0.3, -0.25) is 4.79 Å². The molecule has 2 aromatic carbocycles. The highest BCUT2D eigenvalue weighted by Gasteiger charge is 2.06. The van der Waals surface area contributed by atoms with E-state index in [1.807, 2.05) is 43.3 Å². The number of carbonyl (C=O) groups is 1. The first-order valence-corrected chi connectivity index (χ1v) is 7.81. The van der Waals surface area contributed by atoms with Gasteiger partial charge in [0.25, 0.3) is 6.43 Å².